The van der Waals surface area contributed by atoms with Crippen molar-refractivity contribution in [2.75, 3.05) is 5.43 Å². The van der Waals surface area contributed by atoms with Crippen molar-refractivity contribution >= 4 is 35.4 Å². The van der Waals surface area contributed by atoms with Gasteiger partial charge >= 0.3 is 0 Å². The summed E-state index contributed by atoms with van der Waals surface area (Å²) >= 11 is 17.4. The Kier molecular flexibility index (Phi) is 5.63. The van der Waals surface area contributed by atoms with Crippen molar-refractivity contribution in [3.8, 4) is 5.75 Å². The predicted molar refractivity (Wildman–Crippen MR) is 102 cm³/mol. The molecule has 1 aromatic heterocycles. The van der Waals surface area contributed by atoms with Crippen molar-refractivity contribution in [2.24, 2.45) is 0 Å². The topological polar surface area (TPSA) is 54.9 Å². The number of nitrogens with one attached hydrogen (secondary N) is 2. The van der Waals surface area contributed by atoms with Crippen LogP contribution in [0.5, 0.6) is 5.75 Å². The van der Waals surface area contributed by atoms with Gasteiger partial charge in [0, 0.05) is 15.6 Å². The molecule has 0 fully saturated rings. The van der Waals surface area contributed by atoms with E-state index in [1.54, 1.807) is 16.8 Å². The van der Waals surface area contributed by atoms with Gasteiger partial charge in [0.25, 0.3) is 0 Å². The van der Waals surface area contributed by atoms with Crippen molar-refractivity contribution in [3.63, 3.8) is 0 Å². The van der Waals surface area contributed by atoms with Crippen LogP contribution < -0.4 is 10.2 Å². The lowest BCUT2D eigenvalue weighted by Crippen LogP contribution is -2.15. The van der Waals surface area contributed by atoms with Gasteiger partial charge in [0.05, 0.1) is 6.54 Å². The minimum absolute atomic E-state index is 0.319. The van der Waals surface area contributed by atoms with Gasteiger partial charge in [-0.15, -0.1) is 0 Å². The van der Waals surface area contributed by atoms with Crippen LogP contribution in [0, 0.1) is 11.7 Å². The first kappa shape index (κ1) is 17.8. The third-order valence-corrected chi connectivity index (χ3v) is 4.63. The van der Waals surface area contributed by atoms with Gasteiger partial charge in [-0.25, -0.2) is 4.68 Å². The van der Waals surface area contributed by atoms with Gasteiger partial charge in [0.1, 0.15) is 18.2 Å². The minimum Gasteiger partial charge on any atom is -0.489 e. The fourth-order valence-corrected chi connectivity index (χ4v) is 3.01. The summed E-state index contributed by atoms with van der Waals surface area (Å²) in [5, 5.41) is 7.98. The zero-order chi connectivity index (χ0) is 17.8. The van der Waals surface area contributed by atoms with Crippen molar-refractivity contribution in [3.05, 3.63) is 74.2 Å². The molecule has 2 N–H and O–H groups in total. The number of benzene rings is 2. The lowest BCUT2D eigenvalue weighted by atomic mass is 10.2. The molecule has 0 spiro atoms. The van der Waals surface area contributed by atoms with E-state index in [0.717, 1.165) is 22.7 Å². The van der Waals surface area contributed by atoms with Crippen LogP contribution in [-0.2, 0) is 13.2 Å². The van der Waals surface area contributed by atoms with Gasteiger partial charge in [-0.2, -0.15) is 5.10 Å². The van der Waals surface area contributed by atoms with E-state index in [1.807, 2.05) is 37.3 Å². The smallest absolute Gasteiger partial charge is 0.214 e. The molecule has 3 aromatic rings. The first-order valence-electron chi connectivity index (χ1n) is 7.57. The zero-order valence-corrected chi connectivity index (χ0v) is 15.8. The highest BCUT2D eigenvalue weighted by Gasteiger charge is 2.06. The number of aromatic amines is 1. The van der Waals surface area contributed by atoms with Gasteiger partial charge in [0.2, 0.25) is 4.77 Å². The van der Waals surface area contributed by atoms with Gasteiger partial charge in [-0.1, -0.05) is 41.4 Å². The van der Waals surface area contributed by atoms with Crippen molar-refractivity contribution < 1.29 is 4.74 Å². The van der Waals surface area contributed by atoms with E-state index in [-0.39, 0.29) is 0 Å². The summed E-state index contributed by atoms with van der Waals surface area (Å²) in [7, 11) is 0. The van der Waals surface area contributed by atoms with Gasteiger partial charge in [-0.3, -0.25) is 5.10 Å². The lowest BCUT2D eigenvalue weighted by molar-refractivity contribution is 0.306. The largest absolute Gasteiger partial charge is 0.489 e. The van der Waals surface area contributed by atoms with E-state index in [9.17, 15) is 0 Å². The molecule has 0 bridgehead atoms. The summed E-state index contributed by atoms with van der Waals surface area (Å²) in [4.78, 5) is 0. The first-order chi connectivity index (χ1) is 12.0. The molecule has 0 unspecified atom stereocenters. The number of hydrogen-bond donors (Lipinski definition) is 2. The predicted octanol–water partition coefficient (Wildman–Crippen LogP) is 4.88. The van der Waals surface area contributed by atoms with Crippen molar-refractivity contribution in [2.45, 2.75) is 20.1 Å². The summed E-state index contributed by atoms with van der Waals surface area (Å²) in [5.74, 6) is 1.53. The van der Waals surface area contributed by atoms with Crippen LogP contribution in [0.1, 0.15) is 17.0 Å². The number of rotatable bonds is 6. The van der Waals surface area contributed by atoms with E-state index in [2.05, 4.69) is 15.6 Å². The third-order valence-electron chi connectivity index (χ3n) is 3.65. The minimum atomic E-state index is 0.319. The summed E-state index contributed by atoms with van der Waals surface area (Å²) in [6, 6.07) is 13.2. The molecule has 0 saturated carbocycles. The maximum Gasteiger partial charge on any atom is 0.214 e. The Labute approximate surface area is 160 Å². The molecule has 2 aromatic carbocycles. The molecule has 0 amide bonds. The van der Waals surface area contributed by atoms with Crippen molar-refractivity contribution in [1.82, 2.24) is 14.9 Å². The average Bonchev–Trinajstić information content (AvgIpc) is 2.92. The molecule has 1 heterocycles. The molecule has 0 atom stereocenters. The highest BCUT2D eigenvalue weighted by atomic mass is 35.5. The second-order valence-corrected chi connectivity index (χ2v) is 6.58. The Morgan fingerprint density at radius 2 is 1.84 bits per heavy atom. The van der Waals surface area contributed by atoms with Crippen LogP contribution in [0.4, 0.5) is 0 Å². The summed E-state index contributed by atoms with van der Waals surface area (Å²) in [5.41, 5.74) is 5.08. The monoisotopic (exact) mass is 394 g/mol. The molecule has 0 aliphatic heterocycles. The van der Waals surface area contributed by atoms with Gasteiger partial charge in [0.15, 0.2) is 0 Å². The number of halogens is 2. The van der Waals surface area contributed by atoms with Crippen LogP contribution in [0.3, 0.4) is 0 Å². The highest BCUT2D eigenvalue weighted by Crippen LogP contribution is 2.25. The molecule has 0 saturated heterocycles. The molecule has 3 rings (SSSR count). The second kappa shape index (κ2) is 7.91. The fourth-order valence-electron chi connectivity index (χ4n) is 2.26. The molecule has 25 heavy (non-hydrogen) atoms. The molecule has 0 radical (unpaired) electrons. The number of aryl methyl sites for hydroxylation is 1. The molecule has 0 aliphatic rings. The molecular formula is C17H16Cl2N4OS. The van der Waals surface area contributed by atoms with Crippen LogP contribution >= 0.6 is 35.4 Å². The average molecular weight is 395 g/mol. The van der Waals surface area contributed by atoms with Crippen LogP contribution in [0.2, 0.25) is 10.0 Å². The van der Waals surface area contributed by atoms with Crippen LogP contribution in [0.25, 0.3) is 0 Å². The standard InChI is InChI=1S/C17H16Cl2N4OS/c1-11-21-22-17(25)23(11)20-9-12-5-7-13(8-6-12)24-10-14-15(18)3-2-4-16(14)19/h2-8,20H,9-10H2,1H3,(H,22,25). The normalized spacial score (nSPS) is 10.7. The maximum absolute atomic E-state index is 6.15. The Hall–Kier alpha value is -2.02. The van der Waals surface area contributed by atoms with E-state index in [1.165, 1.54) is 0 Å². The number of hydrogen-bond acceptors (Lipinski definition) is 4. The van der Waals surface area contributed by atoms with E-state index in [0.29, 0.717) is 28.0 Å². The Bertz CT molecular complexity index is 901. The quantitative estimate of drug-likeness (QED) is 0.585. The number of nitrogens with zero attached hydrogens (tertiary/aromatic N) is 2. The number of aromatic nitrogens is 3. The number of ether oxygens (including phenoxy) is 1. The van der Waals surface area contributed by atoms with Crippen molar-refractivity contribution in [1.29, 1.82) is 0 Å². The first-order valence-corrected chi connectivity index (χ1v) is 8.73. The third kappa shape index (κ3) is 4.34. The molecule has 0 aliphatic carbocycles. The molecule has 5 nitrogen and oxygen atoms in total. The maximum atomic E-state index is 6.15. The Balaban J connectivity index is 1.60. The second-order valence-electron chi connectivity index (χ2n) is 5.38. The van der Waals surface area contributed by atoms with Crippen LogP contribution in [-0.4, -0.2) is 14.9 Å². The van der Waals surface area contributed by atoms with Crippen LogP contribution in [0.15, 0.2) is 42.5 Å². The summed E-state index contributed by atoms with van der Waals surface area (Å²) in [6.45, 7) is 2.81. The van der Waals surface area contributed by atoms with E-state index < -0.39 is 0 Å². The van der Waals surface area contributed by atoms with Gasteiger partial charge in [-0.05, 0) is 49.0 Å². The molecule has 130 valence electrons. The summed E-state index contributed by atoms with van der Waals surface area (Å²) in [6.07, 6.45) is 0. The Morgan fingerprint density at radius 3 is 2.44 bits per heavy atom. The van der Waals surface area contributed by atoms with E-state index in [4.69, 9.17) is 40.2 Å². The molecular weight excluding hydrogens is 379 g/mol. The number of H-pyrrole nitrogens is 1. The van der Waals surface area contributed by atoms with E-state index >= 15 is 0 Å². The van der Waals surface area contributed by atoms with Gasteiger partial charge < -0.3 is 10.2 Å². The zero-order valence-electron chi connectivity index (χ0n) is 13.4. The summed E-state index contributed by atoms with van der Waals surface area (Å²) < 4.78 is 8.04. The fraction of sp³-hybridized carbons (Fsp3) is 0.176. The lowest BCUT2D eigenvalue weighted by Gasteiger charge is -2.11. The SMILES string of the molecule is Cc1n[nH]c(=S)n1NCc1ccc(OCc2c(Cl)cccc2Cl)cc1. The Morgan fingerprint density at radius 1 is 1.16 bits per heavy atom. The highest BCUT2D eigenvalue weighted by molar-refractivity contribution is 7.71. The molecule has 8 heteroatoms.